The molecule has 0 aromatic carbocycles. The van der Waals surface area contributed by atoms with Crippen molar-refractivity contribution in [3.05, 3.63) is 0 Å². The molecule has 0 spiro atoms. The minimum Gasteiger partial charge on any atom is -0.381 e. The molecule has 3 nitrogen and oxygen atoms in total. The number of rotatable bonds is 5. The van der Waals surface area contributed by atoms with Gasteiger partial charge in [0.2, 0.25) is 0 Å². The standard InChI is InChI=1S/C14H28N2O/c1-3-15-10-13-4-7-16(11-13)12(2)14-5-8-17-9-6-14/h12-15H,3-11H2,1-2H3. The first kappa shape index (κ1) is 13.3. The average molecular weight is 240 g/mol. The molecule has 0 bridgehead atoms. The fourth-order valence-corrected chi connectivity index (χ4v) is 3.24. The highest BCUT2D eigenvalue weighted by Crippen LogP contribution is 2.27. The molecule has 0 aliphatic carbocycles. The van der Waals surface area contributed by atoms with Gasteiger partial charge in [0.05, 0.1) is 0 Å². The van der Waals surface area contributed by atoms with Crippen molar-refractivity contribution in [1.29, 1.82) is 0 Å². The Labute approximate surface area is 106 Å². The summed E-state index contributed by atoms with van der Waals surface area (Å²) in [6.45, 7) is 11.5. The van der Waals surface area contributed by atoms with Crippen molar-refractivity contribution in [1.82, 2.24) is 10.2 Å². The van der Waals surface area contributed by atoms with Gasteiger partial charge in [-0.25, -0.2) is 0 Å². The summed E-state index contributed by atoms with van der Waals surface area (Å²) in [5, 5.41) is 3.48. The molecule has 0 aromatic heterocycles. The van der Waals surface area contributed by atoms with Crippen molar-refractivity contribution >= 4 is 0 Å². The fraction of sp³-hybridized carbons (Fsp3) is 1.00. The molecule has 0 saturated carbocycles. The second kappa shape index (κ2) is 6.72. The Kier molecular flexibility index (Phi) is 5.26. The van der Waals surface area contributed by atoms with Gasteiger partial charge >= 0.3 is 0 Å². The molecular weight excluding hydrogens is 212 g/mol. The van der Waals surface area contributed by atoms with E-state index in [2.05, 4.69) is 24.1 Å². The van der Waals surface area contributed by atoms with Crippen molar-refractivity contribution in [2.75, 3.05) is 39.4 Å². The molecule has 17 heavy (non-hydrogen) atoms. The maximum atomic E-state index is 5.46. The number of ether oxygens (including phenoxy) is 1. The molecule has 2 aliphatic heterocycles. The van der Waals surface area contributed by atoms with Crippen LogP contribution in [0.4, 0.5) is 0 Å². The van der Waals surface area contributed by atoms with E-state index in [1.807, 2.05) is 0 Å². The van der Waals surface area contributed by atoms with Crippen molar-refractivity contribution in [2.24, 2.45) is 11.8 Å². The Morgan fingerprint density at radius 3 is 2.76 bits per heavy atom. The lowest BCUT2D eigenvalue weighted by Crippen LogP contribution is -2.39. The van der Waals surface area contributed by atoms with E-state index in [1.165, 1.54) is 38.9 Å². The molecule has 1 N–H and O–H groups in total. The zero-order valence-corrected chi connectivity index (χ0v) is 11.5. The van der Waals surface area contributed by atoms with Crippen molar-refractivity contribution < 1.29 is 4.74 Å². The smallest absolute Gasteiger partial charge is 0.0469 e. The summed E-state index contributed by atoms with van der Waals surface area (Å²) >= 11 is 0. The summed E-state index contributed by atoms with van der Waals surface area (Å²) in [6, 6.07) is 0.755. The normalized spacial score (nSPS) is 29.6. The monoisotopic (exact) mass is 240 g/mol. The van der Waals surface area contributed by atoms with E-state index in [1.54, 1.807) is 0 Å². The molecule has 100 valence electrons. The SMILES string of the molecule is CCNCC1CCN(C(C)C2CCOCC2)C1. The van der Waals surface area contributed by atoms with Crippen molar-refractivity contribution in [3.63, 3.8) is 0 Å². The average Bonchev–Trinajstić information content (AvgIpc) is 2.85. The van der Waals surface area contributed by atoms with Crippen LogP contribution in [-0.2, 0) is 4.74 Å². The Hall–Kier alpha value is -0.120. The number of likely N-dealkylation sites (tertiary alicyclic amines) is 1. The summed E-state index contributed by atoms with van der Waals surface area (Å²) in [5.41, 5.74) is 0. The maximum absolute atomic E-state index is 5.46. The molecule has 2 saturated heterocycles. The fourth-order valence-electron chi connectivity index (χ4n) is 3.24. The Balaban J connectivity index is 1.74. The largest absolute Gasteiger partial charge is 0.381 e. The van der Waals surface area contributed by atoms with E-state index in [4.69, 9.17) is 4.74 Å². The highest BCUT2D eigenvalue weighted by molar-refractivity contribution is 4.84. The summed E-state index contributed by atoms with van der Waals surface area (Å²) in [4.78, 5) is 2.71. The van der Waals surface area contributed by atoms with E-state index in [0.717, 1.165) is 37.6 Å². The summed E-state index contributed by atoms with van der Waals surface area (Å²) < 4.78 is 5.46. The van der Waals surface area contributed by atoms with Gasteiger partial charge in [0.15, 0.2) is 0 Å². The van der Waals surface area contributed by atoms with Gasteiger partial charge in [-0.2, -0.15) is 0 Å². The first-order valence-corrected chi connectivity index (χ1v) is 7.33. The third-order valence-corrected chi connectivity index (χ3v) is 4.52. The molecule has 2 aliphatic rings. The molecule has 2 unspecified atom stereocenters. The van der Waals surface area contributed by atoms with Gasteiger partial charge in [0, 0.05) is 25.8 Å². The van der Waals surface area contributed by atoms with E-state index < -0.39 is 0 Å². The van der Waals surface area contributed by atoms with Gasteiger partial charge in [0.1, 0.15) is 0 Å². The quantitative estimate of drug-likeness (QED) is 0.792. The number of hydrogen-bond donors (Lipinski definition) is 1. The number of nitrogens with one attached hydrogen (secondary N) is 1. The summed E-state index contributed by atoms with van der Waals surface area (Å²) in [6.07, 6.45) is 3.89. The molecule has 0 radical (unpaired) electrons. The molecule has 2 rings (SSSR count). The molecule has 0 aromatic rings. The van der Waals surface area contributed by atoms with Crippen LogP contribution >= 0.6 is 0 Å². The van der Waals surface area contributed by atoms with Gasteiger partial charge < -0.3 is 15.0 Å². The molecule has 3 heteroatoms. The highest BCUT2D eigenvalue weighted by Gasteiger charge is 2.30. The zero-order valence-electron chi connectivity index (χ0n) is 11.5. The summed E-state index contributed by atoms with van der Waals surface area (Å²) in [5.74, 6) is 1.74. The van der Waals surface area contributed by atoms with Crippen LogP contribution in [0, 0.1) is 11.8 Å². The third kappa shape index (κ3) is 3.67. The van der Waals surface area contributed by atoms with Crippen LogP contribution in [0.25, 0.3) is 0 Å². The Bertz CT molecular complexity index is 216. The van der Waals surface area contributed by atoms with Crippen LogP contribution in [0.15, 0.2) is 0 Å². The Morgan fingerprint density at radius 1 is 1.29 bits per heavy atom. The predicted molar refractivity (Wildman–Crippen MR) is 71.2 cm³/mol. The molecule has 0 amide bonds. The first-order valence-electron chi connectivity index (χ1n) is 7.33. The number of nitrogens with zero attached hydrogens (tertiary/aromatic N) is 1. The number of hydrogen-bond acceptors (Lipinski definition) is 3. The van der Waals surface area contributed by atoms with Crippen molar-refractivity contribution in [2.45, 2.75) is 39.2 Å². The van der Waals surface area contributed by atoms with Crippen LogP contribution in [-0.4, -0.2) is 50.3 Å². The zero-order chi connectivity index (χ0) is 12.1. The van der Waals surface area contributed by atoms with Gasteiger partial charge in [-0.3, -0.25) is 0 Å². The van der Waals surface area contributed by atoms with Gasteiger partial charge in [-0.1, -0.05) is 6.92 Å². The lowest BCUT2D eigenvalue weighted by Gasteiger charge is -2.34. The Morgan fingerprint density at radius 2 is 2.06 bits per heavy atom. The van der Waals surface area contributed by atoms with E-state index in [-0.39, 0.29) is 0 Å². The molecule has 2 atom stereocenters. The van der Waals surface area contributed by atoms with E-state index in [9.17, 15) is 0 Å². The van der Waals surface area contributed by atoms with Crippen LogP contribution in [0.1, 0.15) is 33.1 Å². The van der Waals surface area contributed by atoms with Crippen LogP contribution in [0.5, 0.6) is 0 Å². The van der Waals surface area contributed by atoms with Gasteiger partial charge in [0.25, 0.3) is 0 Å². The summed E-state index contributed by atoms with van der Waals surface area (Å²) in [7, 11) is 0. The minimum absolute atomic E-state index is 0.755. The maximum Gasteiger partial charge on any atom is 0.0469 e. The van der Waals surface area contributed by atoms with Crippen LogP contribution in [0.3, 0.4) is 0 Å². The minimum atomic E-state index is 0.755. The molecule has 2 fully saturated rings. The first-order chi connectivity index (χ1) is 8.31. The van der Waals surface area contributed by atoms with Crippen molar-refractivity contribution in [3.8, 4) is 0 Å². The molecular formula is C14H28N2O. The second-order valence-corrected chi connectivity index (χ2v) is 5.65. The van der Waals surface area contributed by atoms with E-state index in [0.29, 0.717) is 0 Å². The lowest BCUT2D eigenvalue weighted by atomic mass is 9.92. The second-order valence-electron chi connectivity index (χ2n) is 5.65. The topological polar surface area (TPSA) is 24.5 Å². The van der Waals surface area contributed by atoms with Crippen LogP contribution in [0.2, 0.25) is 0 Å². The molecule has 2 heterocycles. The lowest BCUT2D eigenvalue weighted by molar-refractivity contribution is 0.0348. The van der Waals surface area contributed by atoms with E-state index >= 15 is 0 Å². The van der Waals surface area contributed by atoms with Gasteiger partial charge in [-0.15, -0.1) is 0 Å². The third-order valence-electron chi connectivity index (χ3n) is 4.52. The van der Waals surface area contributed by atoms with Gasteiger partial charge in [-0.05, 0) is 57.7 Å². The highest BCUT2D eigenvalue weighted by atomic mass is 16.5. The predicted octanol–water partition coefficient (Wildman–Crippen LogP) is 1.73. The van der Waals surface area contributed by atoms with Crippen LogP contribution < -0.4 is 5.32 Å².